The molecule has 0 bridgehead atoms. The number of nitrogens with zero attached hydrogens (tertiary/aromatic N) is 5. The highest BCUT2D eigenvalue weighted by Gasteiger charge is 2.50. The van der Waals surface area contributed by atoms with Crippen molar-refractivity contribution < 1.29 is 27.0 Å². The van der Waals surface area contributed by atoms with Gasteiger partial charge in [-0.1, -0.05) is 29.9 Å². The molecule has 2 N–H and O–H groups in total. The van der Waals surface area contributed by atoms with Gasteiger partial charge in [0.2, 0.25) is 0 Å². The number of fused-ring (bicyclic) bond motifs is 4. The molecule has 226 valence electrons. The molecule has 0 aliphatic carbocycles. The van der Waals surface area contributed by atoms with Gasteiger partial charge in [-0.25, -0.2) is 22.5 Å². The van der Waals surface area contributed by atoms with E-state index in [0.717, 1.165) is 43.7 Å². The van der Waals surface area contributed by atoms with E-state index in [2.05, 4.69) is 26.8 Å². The Morgan fingerprint density at radius 2 is 2.02 bits per heavy atom. The van der Waals surface area contributed by atoms with Gasteiger partial charge in [-0.3, -0.25) is 4.90 Å². The van der Waals surface area contributed by atoms with Gasteiger partial charge in [0.15, 0.2) is 16.7 Å². The standard InChI is InChI=1S/C29H27ClF4N6O2S/c1-13-7-28(5-2-6-39(28)9-13)12-42-27-37-22-18-23(41-10-14-8-29(33,34)11-40(14)25(18)38-27)19(30)17(20(22)32)15-3-4-16(31)24-21(15)36-26(35)43-24/h3-4,13-14H,2,5-12H2,1H3,(H2,35,36)/t13-,14-,28+/m1/s1. The van der Waals surface area contributed by atoms with E-state index in [1.165, 1.54) is 17.0 Å². The molecule has 2 aromatic carbocycles. The Morgan fingerprint density at radius 1 is 1.19 bits per heavy atom. The summed E-state index contributed by atoms with van der Waals surface area (Å²) in [4.78, 5) is 17.2. The first-order chi connectivity index (χ1) is 20.5. The van der Waals surface area contributed by atoms with Crippen LogP contribution in [0.4, 0.5) is 28.5 Å². The molecule has 8 nitrogen and oxygen atoms in total. The molecule has 3 fully saturated rings. The lowest BCUT2D eigenvalue weighted by atomic mass is 9.92. The maximum absolute atomic E-state index is 16.8. The van der Waals surface area contributed by atoms with E-state index < -0.39 is 36.6 Å². The van der Waals surface area contributed by atoms with Crippen LogP contribution >= 0.6 is 22.9 Å². The predicted octanol–water partition coefficient (Wildman–Crippen LogP) is 6.28. The summed E-state index contributed by atoms with van der Waals surface area (Å²) in [6.45, 7) is 3.72. The molecule has 0 saturated carbocycles. The fourth-order valence-corrected chi connectivity index (χ4v) is 8.67. The van der Waals surface area contributed by atoms with Crippen LogP contribution < -0.4 is 20.1 Å². The summed E-state index contributed by atoms with van der Waals surface area (Å²) in [6.07, 6.45) is 2.51. The Kier molecular flexibility index (Phi) is 6.00. The maximum Gasteiger partial charge on any atom is 0.319 e. The number of nitrogen functional groups attached to an aromatic ring is 1. The third-order valence-electron chi connectivity index (χ3n) is 9.26. The number of alkyl halides is 2. The van der Waals surface area contributed by atoms with Crippen LogP contribution in [0, 0.1) is 17.6 Å². The predicted molar refractivity (Wildman–Crippen MR) is 156 cm³/mol. The summed E-state index contributed by atoms with van der Waals surface area (Å²) < 4.78 is 73.2. The lowest BCUT2D eigenvalue weighted by Gasteiger charge is -2.31. The van der Waals surface area contributed by atoms with Crippen molar-refractivity contribution in [2.75, 3.05) is 43.5 Å². The van der Waals surface area contributed by atoms with E-state index in [4.69, 9.17) is 26.8 Å². The summed E-state index contributed by atoms with van der Waals surface area (Å²) in [5.41, 5.74) is 5.77. The van der Waals surface area contributed by atoms with E-state index in [0.29, 0.717) is 12.5 Å². The first-order valence-electron chi connectivity index (χ1n) is 14.3. The van der Waals surface area contributed by atoms with Gasteiger partial charge in [-0.05, 0) is 43.9 Å². The molecule has 0 unspecified atom stereocenters. The zero-order chi connectivity index (χ0) is 29.8. The zero-order valence-corrected chi connectivity index (χ0v) is 24.7. The van der Waals surface area contributed by atoms with Gasteiger partial charge in [0, 0.05) is 24.1 Å². The number of nitrogens with two attached hydrogens (primary N) is 1. The third kappa shape index (κ3) is 4.14. The number of aromatic nitrogens is 3. The van der Waals surface area contributed by atoms with Crippen molar-refractivity contribution in [2.45, 2.75) is 50.1 Å². The van der Waals surface area contributed by atoms with Gasteiger partial charge in [0.1, 0.15) is 30.4 Å². The Hall–Kier alpha value is -3.16. The van der Waals surface area contributed by atoms with Gasteiger partial charge in [0.25, 0.3) is 5.92 Å². The van der Waals surface area contributed by atoms with Crippen molar-refractivity contribution in [2.24, 2.45) is 5.92 Å². The minimum Gasteiger partial charge on any atom is -0.489 e. The molecule has 0 spiro atoms. The number of halogens is 5. The van der Waals surface area contributed by atoms with Crippen LogP contribution in [0.5, 0.6) is 11.8 Å². The summed E-state index contributed by atoms with van der Waals surface area (Å²) in [7, 11) is 0. The Morgan fingerprint density at radius 3 is 2.86 bits per heavy atom. The van der Waals surface area contributed by atoms with Crippen LogP contribution in [0.2, 0.25) is 5.02 Å². The monoisotopic (exact) mass is 634 g/mol. The van der Waals surface area contributed by atoms with Crippen molar-refractivity contribution in [3.05, 3.63) is 28.8 Å². The van der Waals surface area contributed by atoms with Gasteiger partial charge in [-0.15, -0.1) is 0 Å². The van der Waals surface area contributed by atoms with E-state index in [1.54, 1.807) is 0 Å². The second kappa shape index (κ2) is 9.42. The lowest BCUT2D eigenvalue weighted by Crippen LogP contribution is -2.43. The molecule has 14 heteroatoms. The van der Waals surface area contributed by atoms with Crippen LogP contribution in [0.15, 0.2) is 12.1 Å². The first kappa shape index (κ1) is 27.4. The molecule has 4 aliphatic heterocycles. The molecule has 8 rings (SSSR count). The molecular formula is C29H27ClF4N6O2S. The number of thiazole rings is 1. The van der Waals surface area contributed by atoms with Crippen molar-refractivity contribution in [1.82, 2.24) is 19.9 Å². The number of hydrogen-bond acceptors (Lipinski definition) is 9. The van der Waals surface area contributed by atoms with Gasteiger partial charge in [0.05, 0.1) is 38.8 Å². The van der Waals surface area contributed by atoms with E-state index in [-0.39, 0.29) is 72.1 Å². The van der Waals surface area contributed by atoms with Crippen LogP contribution in [-0.2, 0) is 0 Å². The number of hydrogen-bond donors (Lipinski definition) is 1. The zero-order valence-electron chi connectivity index (χ0n) is 23.1. The van der Waals surface area contributed by atoms with E-state index in [9.17, 15) is 13.2 Å². The number of rotatable bonds is 4. The van der Waals surface area contributed by atoms with Gasteiger partial charge >= 0.3 is 6.01 Å². The second-order valence-corrected chi connectivity index (χ2v) is 13.6. The molecule has 4 aliphatic rings. The molecule has 0 radical (unpaired) electrons. The molecule has 0 amide bonds. The fraction of sp³-hybridized carbons (Fsp3) is 0.483. The highest BCUT2D eigenvalue weighted by molar-refractivity contribution is 7.22. The molecule has 4 aromatic rings. The Bertz CT molecular complexity index is 1820. The van der Waals surface area contributed by atoms with Crippen molar-refractivity contribution in [1.29, 1.82) is 0 Å². The Labute approximate surface area is 252 Å². The summed E-state index contributed by atoms with van der Waals surface area (Å²) in [5, 5.41) is 0.0814. The second-order valence-electron chi connectivity index (χ2n) is 12.2. The lowest BCUT2D eigenvalue weighted by molar-refractivity contribution is 0.0205. The molecule has 3 saturated heterocycles. The third-order valence-corrected chi connectivity index (χ3v) is 10.5. The van der Waals surface area contributed by atoms with Crippen LogP contribution in [0.3, 0.4) is 0 Å². The average molecular weight is 635 g/mol. The molecule has 2 aromatic heterocycles. The highest BCUT2D eigenvalue weighted by Crippen LogP contribution is 2.51. The molecule has 3 atom stereocenters. The maximum atomic E-state index is 16.8. The van der Waals surface area contributed by atoms with E-state index in [1.807, 2.05) is 0 Å². The number of benzene rings is 2. The molecular weight excluding hydrogens is 608 g/mol. The van der Waals surface area contributed by atoms with Crippen molar-refractivity contribution in [3.63, 3.8) is 0 Å². The first-order valence-corrected chi connectivity index (χ1v) is 15.5. The van der Waals surface area contributed by atoms with E-state index >= 15 is 4.39 Å². The summed E-state index contributed by atoms with van der Waals surface area (Å²) >= 11 is 7.79. The van der Waals surface area contributed by atoms with Crippen molar-refractivity contribution in [3.8, 4) is 22.9 Å². The summed E-state index contributed by atoms with van der Waals surface area (Å²) in [6, 6.07) is 1.73. The smallest absolute Gasteiger partial charge is 0.319 e. The summed E-state index contributed by atoms with van der Waals surface area (Å²) in [5.74, 6) is -3.72. The molecule has 43 heavy (non-hydrogen) atoms. The van der Waals surface area contributed by atoms with Crippen LogP contribution in [0.1, 0.15) is 32.6 Å². The number of ether oxygens (including phenoxy) is 2. The minimum atomic E-state index is -2.99. The molecule has 6 heterocycles. The van der Waals surface area contributed by atoms with Crippen LogP contribution in [-0.4, -0.2) is 70.2 Å². The number of anilines is 2. The van der Waals surface area contributed by atoms with Gasteiger partial charge < -0.3 is 20.1 Å². The van der Waals surface area contributed by atoms with Gasteiger partial charge in [-0.2, -0.15) is 9.97 Å². The Balaban J connectivity index is 1.33. The highest BCUT2D eigenvalue weighted by atomic mass is 35.5. The van der Waals surface area contributed by atoms with Crippen molar-refractivity contribution >= 4 is 55.0 Å². The SMILES string of the molecule is C[C@H]1CN2CCC[C@@]2(COc2nc3c4c(c(Cl)c(-c5ccc(F)c6sc(N)nc56)c(F)c4n2)OC[C@H]2CC(F)(F)CN32)C1. The minimum absolute atomic E-state index is 0.0678. The largest absolute Gasteiger partial charge is 0.489 e. The average Bonchev–Trinajstić information content (AvgIpc) is 3.67. The fourth-order valence-electron chi connectivity index (χ4n) is 7.57. The topological polar surface area (TPSA) is 89.6 Å². The normalized spacial score (nSPS) is 26.1. The van der Waals surface area contributed by atoms with Crippen LogP contribution in [0.25, 0.3) is 32.2 Å². The quantitative estimate of drug-likeness (QED) is 0.263.